The molecule has 1 N–H and O–H groups in total. The van der Waals surface area contributed by atoms with E-state index in [1.807, 2.05) is 23.2 Å². The monoisotopic (exact) mass is 457 g/mol. The highest BCUT2D eigenvalue weighted by Gasteiger charge is 2.30. The summed E-state index contributed by atoms with van der Waals surface area (Å²) in [5, 5.41) is 17.7. The minimum atomic E-state index is -1.10. The Morgan fingerprint density at radius 1 is 1.03 bits per heavy atom. The molecule has 32 heavy (non-hydrogen) atoms. The summed E-state index contributed by atoms with van der Waals surface area (Å²) in [6, 6.07) is 9.67. The van der Waals surface area contributed by atoms with Gasteiger partial charge in [-0.15, -0.1) is 10.2 Å². The molecule has 168 valence electrons. The average molecular weight is 458 g/mol. The van der Waals surface area contributed by atoms with Crippen molar-refractivity contribution in [3.05, 3.63) is 53.2 Å². The number of benzene rings is 1. The fourth-order valence-electron chi connectivity index (χ4n) is 5.25. The van der Waals surface area contributed by atoms with Gasteiger partial charge in [-0.25, -0.2) is 9.18 Å². The van der Waals surface area contributed by atoms with Gasteiger partial charge in [0.1, 0.15) is 5.82 Å². The van der Waals surface area contributed by atoms with Crippen LogP contribution in [0.5, 0.6) is 0 Å². The zero-order valence-electron chi connectivity index (χ0n) is 17.6. The summed E-state index contributed by atoms with van der Waals surface area (Å²) in [5.74, 6) is -1.26. The van der Waals surface area contributed by atoms with E-state index in [9.17, 15) is 14.3 Å². The normalized spacial score (nSPS) is 22.4. The highest BCUT2D eigenvalue weighted by molar-refractivity contribution is 6.29. The van der Waals surface area contributed by atoms with Gasteiger partial charge in [-0.3, -0.25) is 4.90 Å². The molecule has 0 amide bonds. The van der Waals surface area contributed by atoms with E-state index in [0.717, 1.165) is 57.4 Å². The summed E-state index contributed by atoms with van der Waals surface area (Å²) >= 11 is 5.97. The summed E-state index contributed by atoms with van der Waals surface area (Å²) in [6.07, 6.45) is 6.35. The SMILES string of the molecule is O=C(O)c1nnc(Cl)cc1N1CCN(C2CCC(n3ccc4c(F)cccc43)CC2)CC1. The molecule has 0 spiro atoms. The van der Waals surface area contributed by atoms with Gasteiger partial charge in [0.15, 0.2) is 10.8 Å². The van der Waals surface area contributed by atoms with Gasteiger partial charge >= 0.3 is 5.97 Å². The maximum absolute atomic E-state index is 14.0. The first-order valence-corrected chi connectivity index (χ1v) is 11.4. The fourth-order valence-corrected chi connectivity index (χ4v) is 5.39. The molecule has 0 radical (unpaired) electrons. The molecule has 2 fully saturated rings. The Bertz CT molecular complexity index is 1140. The van der Waals surface area contributed by atoms with Gasteiger partial charge in [-0.05, 0) is 43.9 Å². The summed E-state index contributed by atoms with van der Waals surface area (Å²) in [4.78, 5) is 16.1. The molecule has 5 rings (SSSR count). The van der Waals surface area contributed by atoms with Crippen LogP contribution in [-0.2, 0) is 0 Å². The molecular formula is C23H25ClFN5O2. The lowest BCUT2D eigenvalue weighted by Crippen LogP contribution is -2.51. The average Bonchev–Trinajstić information content (AvgIpc) is 3.25. The third kappa shape index (κ3) is 3.93. The van der Waals surface area contributed by atoms with E-state index in [-0.39, 0.29) is 16.7 Å². The molecule has 0 unspecified atom stereocenters. The first-order valence-electron chi connectivity index (χ1n) is 11.0. The van der Waals surface area contributed by atoms with Crippen molar-refractivity contribution < 1.29 is 14.3 Å². The van der Waals surface area contributed by atoms with E-state index in [2.05, 4.69) is 19.7 Å². The number of hydrogen-bond donors (Lipinski definition) is 1. The Morgan fingerprint density at radius 2 is 1.75 bits per heavy atom. The second kappa shape index (κ2) is 8.67. The van der Waals surface area contributed by atoms with Gasteiger partial charge in [0, 0.05) is 55.9 Å². The van der Waals surface area contributed by atoms with Crippen LogP contribution in [0.1, 0.15) is 42.2 Å². The Balaban J connectivity index is 1.21. The number of fused-ring (bicyclic) bond motifs is 1. The highest BCUT2D eigenvalue weighted by Crippen LogP contribution is 2.35. The molecule has 2 aliphatic rings. The number of carboxylic acids is 1. The first kappa shape index (κ1) is 21.2. The number of aromatic carboxylic acids is 1. The van der Waals surface area contributed by atoms with Gasteiger partial charge in [0.05, 0.1) is 11.2 Å². The van der Waals surface area contributed by atoms with Gasteiger partial charge in [-0.1, -0.05) is 17.7 Å². The standard InChI is InChI=1S/C23H25ClFN5O2/c24-21-14-20(22(23(31)32)27-26-21)29-12-10-28(11-13-29)15-4-6-16(7-5-15)30-9-8-17-18(25)2-1-3-19(17)30/h1-3,8-9,14-16H,4-7,10-13H2,(H,31,32). The van der Waals surface area contributed by atoms with Gasteiger partial charge in [0.25, 0.3) is 0 Å². The number of piperazine rings is 1. The molecule has 3 aromatic rings. The topological polar surface area (TPSA) is 74.5 Å². The molecule has 9 heteroatoms. The van der Waals surface area contributed by atoms with E-state index in [0.29, 0.717) is 23.2 Å². The number of anilines is 1. The van der Waals surface area contributed by atoms with Crippen molar-refractivity contribution in [2.45, 2.75) is 37.8 Å². The highest BCUT2D eigenvalue weighted by atomic mass is 35.5. The molecule has 1 saturated heterocycles. The Morgan fingerprint density at radius 3 is 2.47 bits per heavy atom. The smallest absolute Gasteiger partial charge is 0.358 e. The summed E-state index contributed by atoms with van der Waals surface area (Å²) in [6.45, 7) is 3.19. The van der Waals surface area contributed by atoms with E-state index < -0.39 is 5.97 Å². The van der Waals surface area contributed by atoms with Crippen LogP contribution in [0, 0.1) is 5.82 Å². The third-order valence-corrected chi connectivity index (χ3v) is 7.07. The van der Waals surface area contributed by atoms with Gasteiger partial charge in [0.2, 0.25) is 0 Å². The predicted molar refractivity (Wildman–Crippen MR) is 121 cm³/mol. The molecular weight excluding hydrogens is 433 g/mol. The van der Waals surface area contributed by atoms with E-state index in [4.69, 9.17) is 11.6 Å². The predicted octanol–water partition coefficient (Wildman–Crippen LogP) is 4.23. The summed E-state index contributed by atoms with van der Waals surface area (Å²) < 4.78 is 16.3. The van der Waals surface area contributed by atoms with Crippen molar-refractivity contribution in [2.75, 3.05) is 31.1 Å². The Labute approximate surface area is 190 Å². The summed E-state index contributed by atoms with van der Waals surface area (Å²) in [5.41, 5.74) is 1.45. The molecule has 7 nitrogen and oxygen atoms in total. The number of hydrogen-bond acceptors (Lipinski definition) is 5. The van der Waals surface area contributed by atoms with Crippen LogP contribution < -0.4 is 4.90 Å². The van der Waals surface area contributed by atoms with Crippen molar-refractivity contribution in [1.29, 1.82) is 0 Å². The first-order chi connectivity index (χ1) is 15.5. The van der Waals surface area contributed by atoms with Crippen LogP contribution >= 0.6 is 11.6 Å². The largest absolute Gasteiger partial charge is 0.476 e. The number of carboxylic acid groups (broad SMARTS) is 1. The van der Waals surface area contributed by atoms with Crippen LogP contribution in [0.3, 0.4) is 0 Å². The van der Waals surface area contributed by atoms with Crippen LogP contribution in [0.2, 0.25) is 5.15 Å². The second-order valence-corrected chi connectivity index (χ2v) is 8.97. The van der Waals surface area contributed by atoms with Crippen molar-refractivity contribution in [3.63, 3.8) is 0 Å². The van der Waals surface area contributed by atoms with Crippen LogP contribution in [0.25, 0.3) is 10.9 Å². The second-order valence-electron chi connectivity index (χ2n) is 8.59. The van der Waals surface area contributed by atoms with E-state index >= 15 is 0 Å². The van der Waals surface area contributed by atoms with E-state index in [1.165, 1.54) is 6.07 Å². The molecule has 1 saturated carbocycles. The zero-order chi connectivity index (χ0) is 22.2. The number of rotatable bonds is 4. The van der Waals surface area contributed by atoms with Crippen molar-refractivity contribution in [3.8, 4) is 0 Å². The molecule has 1 aromatic carbocycles. The van der Waals surface area contributed by atoms with Crippen molar-refractivity contribution in [2.24, 2.45) is 0 Å². The molecule has 1 aliphatic heterocycles. The number of carbonyl (C=O) groups is 1. The third-order valence-electron chi connectivity index (χ3n) is 6.89. The molecule has 0 atom stereocenters. The zero-order valence-corrected chi connectivity index (χ0v) is 18.4. The Hall–Kier alpha value is -2.71. The molecule has 2 aromatic heterocycles. The number of nitrogens with zero attached hydrogens (tertiary/aromatic N) is 5. The molecule has 3 heterocycles. The van der Waals surface area contributed by atoms with Crippen LogP contribution in [-0.4, -0.2) is 63.0 Å². The molecule has 1 aliphatic carbocycles. The van der Waals surface area contributed by atoms with Crippen LogP contribution in [0.15, 0.2) is 36.5 Å². The maximum atomic E-state index is 14.0. The summed E-state index contributed by atoms with van der Waals surface area (Å²) in [7, 11) is 0. The van der Waals surface area contributed by atoms with Crippen molar-refractivity contribution in [1.82, 2.24) is 19.7 Å². The van der Waals surface area contributed by atoms with Gasteiger partial charge < -0.3 is 14.6 Å². The maximum Gasteiger partial charge on any atom is 0.358 e. The number of aromatic nitrogens is 3. The lowest BCUT2D eigenvalue weighted by atomic mass is 9.89. The Kier molecular flexibility index (Phi) is 5.73. The minimum absolute atomic E-state index is 0.0567. The quantitative estimate of drug-likeness (QED) is 0.632. The van der Waals surface area contributed by atoms with E-state index in [1.54, 1.807) is 12.1 Å². The van der Waals surface area contributed by atoms with Crippen LogP contribution in [0.4, 0.5) is 10.1 Å². The fraction of sp³-hybridized carbons (Fsp3) is 0.435. The number of halogens is 2. The molecule has 0 bridgehead atoms. The lowest BCUT2D eigenvalue weighted by Gasteiger charge is -2.43. The lowest BCUT2D eigenvalue weighted by molar-refractivity contribution is 0.0689. The van der Waals surface area contributed by atoms with Crippen molar-refractivity contribution >= 4 is 34.2 Å². The van der Waals surface area contributed by atoms with Gasteiger partial charge in [-0.2, -0.15) is 0 Å². The minimum Gasteiger partial charge on any atom is -0.476 e.